The summed E-state index contributed by atoms with van der Waals surface area (Å²) in [6, 6.07) is 7.04. The zero-order valence-corrected chi connectivity index (χ0v) is 17.6. The van der Waals surface area contributed by atoms with E-state index < -0.39 is 9.84 Å². The van der Waals surface area contributed by atoms with Crippen LogP contribution in [0, 0.1) is 5.92 Å². The third-order valence-electron chi connectivity index (χ3n) is 5.62. The summed E-state index contributed by atoms with van der Waals surface area (Å²) in [5, 5.41) is 9.43. The number of benzene rings is 1. The van der Waals surface area contributed by atoms with Gasteiger partial charge in [-0.15, -0.1) is 0 Å². The van der Waals surface area contributed by atoms with Crippen LogP contribution in [0.2, 0.25) is 0 Å². The summed E-state index contributed by atoms with van der Waals surface area (Å²) in [7, 11) is -3.01. The molecular formula is C20H32N3O4S+. The van der Waals surface area contributed by atoms with Gasteiger partial charge in [0.2, 0.25) is 0 Å². The second kappa shape index (κ2) is 8.69. The maximum atomic E-state index is 13.0. The predicted octanol–water partition coefficient (Wildman–Crippen LogP) is -0.231. The Balaban J connectivity index is 1.56. The van der Waals surface area contributed by atoms with Crippen molar-refractivity contribution < 1.29 is 23.2 Å². The average Bonchev–Trinajstić information content (AvgIpc) is 3.00. The van der Waals surface area contributed by atoms with Crippen LogP contribution in [0.3, 0.4) is 0 Å². The minimum absolute atomic E-state index is 0.0730. The van der Waals surface area contributed by atoms with Crippen LogP contribution in [0.4, 0.5) is 5.69 Å². The second-order valence-electron chi connectivity index (χ2n) is 8.43. The normalized spacial score (nSPS) is 22.5. The van der Waals surface area contributed by atoms with E-state index in [-0.39, 0.29) is 29.2 Å². The predicted molar refractivity (Wildman–Crippen MR) is 109 cm³/mol. The van der Waals surface area contributed by atoms with Crippen molar-refractivity contribution in [3.05, 3.63) is 24.3 Å². The number of phenolic OH excluding ortho intramolecular Hbond substituents is 1. The number of carbonyl (C=O) groups is 1. The van der Waals surface area contributed by atoms with Crippen molar-refractivity contribution in [3.63, 3.8) is 0 Å². The maximum Gasteiger partial charge on any atom is 0.278 e. The van der Waals surface area contributed by atoms with Crippen LogP contribution < -0.4 is 9.80 Å². The molecule has 0 aliphatic carbocycles. The zero-order valence-electron chi connectivity index (χ0n) is 16.8. The number of aromatic hydroxyl groups is 1. The van der Waals surface area contributed by atoms with Crippen molar-refractivity contribution in [3.8, 4) is 5.75 Å². The molecule has 2 saturated heterocycles. The monoisotopic (exact) mass is 410 g/mol. The lowest BCUT2D eigenvalue weighted by Gasteiger charge is -2.35. The molecule has 2 fully saturated rings. The number of nitrogens with zero attached hydrogens (tertiary/aromatic N) is 2. The van der Waals surface area contributed by atoms with E-state index in [0.29, 0.717) is 25.4 Å². The number of sulfone groups is 1. The minimum atomic E-state index is -3.01. The van der Waals surface area contributed by atoms with Gasteiger partial charge in [0.15, 0.2) is 16.4 Å². The Bertz CT molecular complexity index is 771. The number of piperazine rings is 1. The lowest BCUT2D eigenvalue weighted by Crippen LogP contribution is -3.16. The summed E-state index contributed by atoms with van der Waals surface area (Å²) < 4.78 is 23.7. The fourth-order valence-corrected chi connectivity index (χ4v) is 5.84. The molecule has 2 aliphatic heterocycles. The molecule has 0 bridgehead atoms. The van der Waals surface area contributed by atoms with E-state index in [4.69, 9.17) is 0 Å². The highest BCUT2D eigenvalue weighted by atomic mass is 32.2. The summed E-state index contributed by atoms with van der Waals surface area (Å²) in [6.45, 7) is 8.61. The minimum Gasteiger partial charge on any atom is -0.508 e. The molecule has 1 atom stereocenters. The molecule has 0 radical (unpaired) electrons. The van der Waals surface area contributed by atoms with E-state index in [1.165, 1.54) is 4.90 Å². The number of carbonyl (C=O) groups excluding carboxylic acids is 1. The lowest BCUT2D eigenvalue weighted by atomic mass is 10.1. The van der Waals surface area contributed by atoms with E-state index in [0.717, 1.165) is 31.9 Å². The Morgan fingerprint density at radius 3 is 2.43 bits per heavy atom. The van der Waals surface area contributed by atoms with E-state index in [2.05, 4.69) is 18.7 Å². The molecule has 0 aromatic heterocycles. The molecule has 2 aliphatic rings. The number of nitrogens with one attached hydrogen (secondary N) is 1. The summed E-state index contributed by atoms with van der Waals surface area (Å²) in [4.78, 5) is 18.3. The smallest absolute Gasteiger partial charge is 0.278 e. The second-order valence-corrected chi connectivity index (χ2v) is 10.7. The fourth-order valence-electron chi connectivity index (χ4n) is 4.11. The van der Waals surface area contributed by atoms with Gasteiger partial charge in [-0.25, -0.2) is 8.42 Å². The topological polar surface area (TPSA) is 82.4 Å². The van der Waals surface area contributed by atoms with Crippen LogP contribution >= 0.6 is 0 Å². The van der Waals surface area contributed by atoms with Gasteiger partial charge in [-0.3, -0.25) is 4.79 Å². The first-order valence-electron chi connectivity index (χ1n) is 10.1. The molecular weight excluding hydrogens is 378 g/mol. The first-order valence-corrected chi connectivity index (χ1v) is 11.9. The summed E-state index contributed by atoms with van der Waals surface area (Å²) in [5.74, 6) is 0.947. The Morgan fingerprint density at radius 1 is 1.25 bits per heavy atom. The Morgan fingerprint density at radius 2 is 1.89 bits per heavy atom. The van der Waals surface area contributed by atoms with Crippen molar-refractivity contribution in [2.45, 2.75) is 26.3 Å². The standard InChI is InChI=1S/C20H31N3O4S/c1-16(2)13-23(18-7-12-28(26,27)15-18)20(25)14-21-8-10-22(11-9-21)17-3-5-19(24)6-4-17/h3-6,16,18,24H,7-15H2,1-2H3/p+1/t18-/m1/s1. The van der Waals surface area contributed by atoms with Crippen LogP contribution in [0.15, 0.2) is 24.3 Å². The van der Waals surface area contributed by atoms with Gasteiger partial charge in [0, 0.05) is 18.3 Å². The zero-order chi connectivity index (χ0) is 20.3. The van der Waals surface area contributed by atoms with E-state index in [9.17, 15) is 18.3 Å². The van der Waals surface area contributed by atoms with Gasteiger partial charge in [0.1, 0.15) is 5.75 Å². The highest BCUT2D eigenvalue weighted by Gasteiger charge is 2.36. The lowest BCUT2D eigenvalue weighted by molar-refractivity contribution is -0.892. The number of hydrogen-bond acceptors (Lipinski definition) is 5. The van der Waals surface area contributed by atoms with Gasteiger partial charge in [-0.05, 0) is 36.6 Å². The van der Waals surface area contributed by atoms with Crippen molar-refractivity contribution in [1.29, 1.82) is 0 Å². The Labute approximate surface area is 167 Å². The maximum absolute atomic E-state index is 13.0. The van der Waals surface area contributed by atoms with E-state index in [1.807, 2.05) is 17.0 Å². The molecule has 2 N–H and O–H groups in total. The number of hydrogen-bond donors (Lipinski definition) is 2. The Hall–Kier alpha value is -1.80. The van der Waals surface area contributed by atoms with Crippen LogP contribution in [-0.4, -0.2) is 81.1 Å². The molecule has 156 valence electrons. The van der Waals surface area contributed by atoms with Crippen LogP contribution in [-0.2, 0) is 14.6 Å². The van der Waals surface area contributed by atoms with E-state index >= 15 is 0 Å². The SMILES string of the molecule is CC(C)CN(C(=O)C[NH+]1CCN(c2ccc(O)cc2)CC1)[C@@H]1CCS(=O)(=O)C1. The molecule has 0 spiro atoms. The third-order valence-corrected chi connectivity index (χ3v) is 7.37. The van der Waals surface area contributed by atoms with Gasteiger partial charge in [0.25, 0.3) is 5.91 Å². The summed E-state index contributed by atoms with van der Waals surface area (Å²) >= 11 is 0. The number of phenols is 1. The molecule has 0 unspecified atom stereocenters. The van der Waals surface area contributed by atoms with Gasteiger partial charge in [-0.1, -0.05) is 13.8 Å². The largest absolute Gasteiger partial charge is 0.508 e. The fraction of sp³-hybridized carbons (Fsp3) is 0.650. The molecule has 1 amide bonds. The van der Waals surface area contributed by atoms with Crippen LogP contribution in [0.25, 0.3) is 0 Å². The van der Waals surface area contributed by atoms with Gasteiger partial charge in [-0.2, -0.15) is 0 Å². The Kier molecular flexibility index (Phi) is 6.50. The first kappa shape index (κ1) is 20.9. The number of quaternary nitrogens is 1. The molecule has 1 aromatic rings. The van der Waals surface area contributed by atoms with E-state index in [1.54, 1.807) is 12.1 Å². The summed E-state index contributed by atoms with van der Waals surface area (Å²) in [6.07, 6.45) is 0.560. The molecule has 3 rings (SSSR count). The van der Waals surface area contributed by atoms with Crippen LogP contribution in [0.1, 0.15) is 20.3 Å². The summed E-state index contributed by atoms with van der Waals surface area (Å²) in [5.41, 5.74) is 1.08. The van der Waals surface area contributed by atoms with Gasteiger partial charge in [0.05, 0.1) is 37.7 Å². The molecule has 7 nitrogen and oxygen atoms in total. The van der Waals surface area contributed by atoms with Gasteiger partial charge < -0.3 is 19.8 Å². The molecule has 8 heteroatoms. The number of anilines is 1. The first-order chi connectivity index (χ1) is 13.2. The van der Waals surface area contributed by atoms with Crippen molar-refractivity contribution >= 4 is 21.4 Å². The quantitative estimate of drug-likeness (QED) is 0.677. The molecule has 28 heavy (non-hydrogen) atoms. The van der Waals surface area contributed by atoms with Crippen molar-refractivity contribution in [2.75, 3.05) is 55.7 Å². The van der Waals surface area contributed by atoms with Gasteiger partial charge >= 0.3 is 0 Å². The molecule has 2 heterocycles. The average molecular weight is 411 g/mol. The van der Waals surface area contributed by atoms with Crippen LogP contribution in [0.5, 0.6) is 5.75 Å². The highest BCUT2D eigenvalue weighted by Crippen LogP contribution is 2.20. The van der Waals surface area contributed by atoms with Crippen molar-refractivity contribution in [2.24, 2.45) is 5.92 Å². The number of rotatable bonds is 6. The highest BCUT2D eigenvalue weighted by molar-refractivity contribution is 7.91. The van der Waals surface area contributed by atoms with Crippen molar-refractivity contribution in [1.82, 2.24) is 4.90 Å². The number of amides is 1. The molecule has 1 aromatic carbocycles. The molecule has 0 saturated carbocycles. The third kappa shape index (κ3) is 5.38.